The number of hydrogen-bond donors (Lipinski definition) is 6. The molecule has 0 amide bonds. The summed E-state index contributed by atoms with van der Waals surface area (Å²) < 4.78 is 81.1. The minimum atomic E-state index is -3.11. The van der Waals surface area contributed by atoms with Gasteiger partial charge in [-0.25, -0.2) is 26.3 Å². The van der Waals surface area contributed by atoms with Gasteiger partial charge in [0.15, 0.2) is 23.3 Å². The third-order valence-corrected chi connectivity index (χ3v) is 5.02. The van der Waals surface area contributed by atoms with Crippen LogP contribution in [0.5, 0.6) is 0 Å². The lowest BCUT2D eigenvalue weighted by molar-refractivity contribution is -0.203. The molecule has 0 saturated carbocycles. The van der Waals surface area contributed by atoms with Crippen LogP contribution >= 0.6 is 0 Å². The highest BCUT2D eigenvalue weighted by Gasteiger charge is 2.49. The molecule has 6 nitrogen and oxygen atoms in total. The predicted molar refractivity (Wildman–Crippen MR) is 96.1 cm³/mol. The Morgan fingerprint density at radius 1 is 0.625 bits per heavy atom. The van der Waals surface area contributed by atoms with E-state index in [1.807, 2.05) is 0 Å². The van der Waals surface area contributed by atoms with Gasteiger partial charge in [0, 0.05) is 25.0 Å². The van der Waals surface area contributed by atoms with Crippen LogP contribution in [0.1, 0.15) is 11.1 Å². The van der Waals surface area contributed by atoms with Crippen LogP contribution in [0.4, 0.5) is 26.3 Å². The molecule has 0 heterocycles. The molecule has 0 aliphatic rings. The summed E-state index contributed by atoms with van der Waals surface area (Å²) in [6, 6.07) is 0.936. The summed E-state index contributed by atoms with van der Waals surface area (Å²) >= 11 is 0. The van der Waals surface area contributed by atoms with E-state index in [1.54, 1.807) is 0 Å². The van der Waals surface area contributed by atoms with E-state index in [1.165, 1.54) is 0 Å². The Morgan fingerprint density at radius 3 is 1.53 bits per heavy atom. The van der Waals surface area contributed by atoms with Crippen LogP contribution in [-0.4, -0.2) is 67.3 Å². The fourth-order valence-electron chi connectivity index (χ4n) is 3.21. The highest BCUT2D eigenvalue weighted by atomic mass is 19.2. The Balaban J connectivity index is 2.43. The van der Waals surface area contributed by atoms with Crippen LogP contribution in [0.15, 0.2) is 24.3 Å². The Kier molecular flexibility index (Phi) is 8.26. The number of aliphatic hydroxyl groups is 6. The topological polar surface area (TPSA) is 121 Å². The summed E-state index contributed by atoms with van der Waals surface area (Å²) in [5.41, 5.74) is -4.54. The fraction of sp³-hybridized carbons (Fsp3) is 0.400. The van der Waals surface area contributed by atoms with Crippen LogP contribution < -0.4 is 0 Å². The smallest absolute Gasteiger partial charge is 0.161 e. The van der Waals surface area contributed by atoms with Crippen LogP contribution in [0.25, 0.3) is 0 Å². The second-order valence-corrected chi connectivity index (χ2v) is 7.29. The van der Waals surface area contributed by atoms with Gasteiger partial charge in [-0.1, -0.05) is 0 Å². The van der Waals surface area contributed by atoms with E-state index in [0.29, 0.717) is 12.1 Å². The van der Waals surface area contributed by atoms with Gasteiger partial charge < -0.3 is 30.6 Å². The summed E-state index contributed by atoms with van der Waals surface area (Å²) in [6.07, 6.45) is -11.6. The van der Waals surface area contributed by atoms with Gasteiger partial charge in [0.05, 0.1) is 12.7 Å². The van der Waals surface area contributed by atoms with Crippen molar-refractivity contribution in [3.05, 3.63) is 70.3 Å². The molecule has 0 bridgehead atoms. The van der Waals surface area contributed by atoms with Crippen LogP contribution in [-0.2, 0) is 12.8 Å². The third-order valence-electron chi connectivity index (χ3n) is 5.02. The standard InChI is InChI=1S/C20H20F6O6/c21-10-4-14(25)12(23)1-8(10)3-16(28)18(30)20(32,19(31)17(29)7-27)6-9-2-13(24)15(26)5-11(9)22/h1-2,4-5,16-19,27-32H,3,6-7H2/t16?,17-,18+,19+,20+/m0/s1. The molecule has 0 radical (unpaired) electrons. The average molecular weight is 470 g/mol. The second kappa shape index (κ2) is 10.1. The van der Waals surface area contributed by atoms with E-state index in [4.69, 9.17) is 5.11 Å². The molecule has 178 valence electrons. The molecule has 2 rings (SSSR count). The van der Waals surface area contributed by atoms with Gasteiger partial charge in [-0.05, 0) is 23.3 Å². The molecule has 2 aromatic carbocycles. The molecule has 0 fully saturated rings. The quantitative estimate of drug-likeness (QED) is 0.234. The lowest BCUT2D eigenvalue weighted by Crippen LogP contribution is -2.62. The molecule has 32 heavy (non-hydrogen) atoms. The molecule has 1 unspecified atom stereocenters. The van der Waals surface area contributed by atoms with Crippen molar-refractivity contribution < 1.29 is 57.0 Å². The van der Waals surface area contributed by atoms with Gasteiger partial charge in [0.1, 0.15) is 35.5 Å². The Hall–Kier alpha value is -2.22. The Labute approximate surface area is 177 Å². The van der Waals surface area contributed by atoms with Gasteiger partial charge >= 0.3 is 0 Å². The number of benzene rings is 2. The number of aliphatic hydroxyl groups excluding tert-OH is 5. The summed E-state index contributed by atoms with van der Waals surface area (Å²) in [5.74, 6) is -8.89. The molecule has 0 spiro atoms. The zero-order chi connectivity index (χ0) is 24.4. The summed E-state index contributed by atoms with van der Waals surface area (Å²) in [6.45, 7) is -1.18. The minimum Gasteiger partial charge on any atom is -0.394 e. The maximum atomic E-state index is 14.1. The van der Waals surface area contributed by atoms with Crippen molar-refractivity contribution in [3.63, 3.8) is 0 Å². The first-order valence-corrected chi connectivity index (χ1v) is 9.14. The molecule has 2 aromatic rings. The molecule has 0 saturated heterocycles. The van der Waals surface area contributed by atoms with E-state index >= 15 is 0 Å². The zero-order valence-corrected chi connectivity index (χ0v) is 16.2. The van der Waals surface area contributed by atoms with Crippen molar-refractivity contribution in [1.82, 2.24) is 0 Å². The van der Waals surface area contributed by atoms with Crippen molar-refractivity contribution in [2.45, 2.75) is 42.9 Å². The fourth-order valence-corrected chi connectivity index (χ4v) is 3.21. The summed E-state index contributed by atoms with van der Waals surface area (Å²) in [5, 5.41) is 60.6. The average Bonchev–Trinajstić information content (AvgIpc) is 2.73. The number of rotatable bonds is 9. The van der Waals surface area contributed by atoms with Crippen LogP contribution in [0, 0.1) is 34.9 Å². The third kappa shape index (κ3) is 5.39. The first kappa shape index (κ1) is 26.0. The number of hydrogen-bond acceptors (Lipinski definition) is 6. The van der Waals surface area contributed by atoms with Gasteiger partial charge in [0.25, 0.3) is 0 Å². The first-order chi connectivity index (χ1) is 14.8. The van der Waals surface area contributed by atoms with Crippen molar-refractivity contribution in [3.8, 4) is 0 Å². The molecule has 5 atom stereocenters. The molecule has 0 aromatic heterocycles. The van der Waals surface area contributed by atoms with Gasteiger partial charge in [-0.3, -0.25) is 0 Å². The molecule has 0 aliphatic carbocycles. The normalized spacial score (nSPS) is 17.5. The Morgan fingerprint density at radius 2 is 1.03 bits per heavy atom. The van der Waals surface area contributed by atoms with Crippen LogP contribution in [0.2, 0.25) is 0 Å². The maximum Gasteiger partial charge on any atom is 0.161 e. The number of halogens is 6. The Bertz CT molecular complexity index is 961. The summed E-state index contributed by atoms with van der Waals surface area (Å²) in [7, 11) is 0. The SMILES string of the molecule is OC[C@H](O)[C@@H](O)[C@@](O)(Cc1cc(F)c(F)cc1F)[C@H](O)C(O)Cc1cc(F)c(F)cc1F. The zero-order valence-electron chi connectivity index (χ0n) is 16.2. The summed E-state index contributed by atoms with van der Waals surface area (Å²) in [4.78, 5) is 0. The van der Waals surface area contributed by atoms with Crippen molar-refractivity contribution in [2.24, 2.45) is 0 Å². The van der Waals surface area contributed by atoms with Gasteiger partial charge in [-0.2, -0.15) is 0 Å². The molecule has 12 heteroatoms. The van der Waals surface area contributed by atoms with Crippen molar-refractivity contribution >= 4 is 0 Å². The predicted octanol–water partition coefficient (Wildman–Crippen LogP) is 0.473. The molecular weight excluding hydrogens is 450 g/mol. The molecular formula is C20H20F6O6. The highest BCUT2D eigenvalue weighted by molar-refractivity contribution is 5.25. The minimum absolute atomic E-state index is 0.111. The van der Waals surface area contributed by atoms with E-state index in [-0.39, 0.29) is 12.1 Å². The van der Waals surface area contributed by atoms with E-state index in [0.717, 1.165) is 0 Å². The van der Waals surface area contributed by atoms with E-state index in [9.17, 15) is 51.9 Å². The highest BCUT2D eigenvalue weighted by Crippen LogP contribution is 2.30. The van der Waals surface area contributed by atoms with Crippen LogP contribution in [0.3, 0.4) is 0 Å². The molecule has 0 aliphatic heterocycles. The molecule has 6 N–H and O–H groups in total. The maximum absolute atomic E-state index is 14.1. The van der Waals surface area contributed by atoms with Gasteiger partial charge in [0.2, 0.25) is 0 Å². The second-order valence-electron chi connectivity index (χ2n) is 7.29. The van der Waals surface area contributed by atoms with E-state index < -0.39 is 95.5 Å². The van der Waals surface area contributed by atoms with E-state index in [2.05, 4.69) is 0 Å². The van der Waals surface area contributed by atoms with Gasteiger partial charge in [-0.15, -0.1) is 0 Å². The first-order valence-electron chi connectivity index (χ1n) is 9.14. The lowest BCUT2D eigenvalue weighted by atomic mass is 9.78. The van der Waals surface area contributed by atoms with Crippen molar-refractivity contribution in [2.75, 3.05) is 6.61 Å². The largest absolute Gasteiger partial charge is 0.394 e. The monoisotopic (exact) mass is 470 g/mol. The lowest BCUT2D eigenvalue weighted by Gasteiger charge is -2.40. The van der Waals surface area contributed by atoms with Crippen molar-refractivity contribution in [1.29, 1.82) is 0 Å².